The highest BCUT2D eigenvalue weighted by molar-refractivity contribution is 5.79. The van der Waals surface area contributed by atoms with Gasteiger partial charge in [0.05, 0.1) is 11.7 Å². The second kappa shape index (κ2) is 15.1. The Morgan fingerprint density at radius 3 is 2.65 bits per heavy atom. The number of aromatic nitrogens is 2. The molecule has 6 rings (SSSR count). The number of nitrogens with zero attached hydrogens (tertiary/aromatic N) is 2. The number of carbonyl (C=O) groups is 1. The highest BCUT2D eigenvalue weighted by Gasteiger charge is 2.18. The molecule has 0 radical (unpaired) electrons. The third kappa shape index (κ3) is 7.76. The number of amides is 1. The van der Waals surface area contributed by atoms with Crippen LogP contribution in [0.2, 0.25) is 0 Å². The van der Waals surface area contributed by atoms with Gasteiger partial charge in [-0.2, -0.15) is 5.10 Å². The molecule has 8 nitrogen and oxygen atoms in total. The van der Waals surface area contributed by atoms with Gasteiger partial charge in [-0.25, -0.2) is 4.68 Å². The van der Waals surface area contributed by atoms with Gasteiger partial charge in [0.25, 0.3) is 0 Å². The van der Waals surface area contributed by atoms with Gasteiger partial charge in [-0.15, -0.1) is 0 Å². The van der Waals surface area contributed by atoms with Gasteiger partial charge in [-0.1, -0.05) is 60.7 Å². The molecular formula is C38H42N4O4. The minimum atomic E-state index is -0.0364. The van der Waals surface area contributed by atoms with Crippen molar-refractivity contribution in [2.24, 2.45) is 0 Å². The van der Waals surface area contributed by atoms with E-state index in [2.05, 4.69) is 83.3 Å². The largest absolute Gasteiger partial charge is 0.489 e. The van der Waals surface area contributed by atoms with E-state index in [4.69, 9.17) is 14.2 Å². The first-order valence-electron chi connectivity index (χ1n) is 16.1. The van der Waals surface area contributed by atoms with Crippen molar-refractivity contribution in [2.75, 3.05) is 19.7 Å². The fraction of sp³-hybridized carbons (Fsp3) is 0.316. The van der Waals surface area contributed by atoms with Gasteiger partial charge >= 0.3 is 0 Å². The molecule has 5 aromatic rings. The van der Waals surface area contributed by atoms with Crippen LogP contribution in [0.15, 0.2) is 91.1 Å². The Kier molecular flexibility index (Phi) is 10.3. The Hall–Kier alpha value is -4.66. The van der Waals surface area contributed by atoms with Crippen LogP contribution in [0.25, 0.3) is 22.0 Å². The molecule has 1 fully saturated rings. The number of benzene rings is 4. The molecule has 1 saturated heterocycles. The van der Waals surface area contributed by atoms with Crippen molar-refractivity contribution in [2.45, 2.75) is 59.1 Å². The van der Waals surface area contributed by atoms with Crippen LogP contribution in [0.4, 0.5) is 0 Å². The summed E-state index contributed by atoms with van der Waals surface area (Å²) in [4.78, 5) is 11.2. The Balaban J connectivity index is 1.16. The topological polar surface area (TPSA) is 86.6 Å². The number of carbonyl (C=O) groups excluding carboxylic acids is 1. The molecule has 0 bridgehead atoms. The molecule has 0 saturated carbocycles. The predicted molar refractivity (Wildman–Crippen MR) is 181 cm³/mol. The normalized spacial score (nSPS) is 14.7. The van der Waals surface area contributed by atoms with Crippen LogP contribution in [0.1, 0.15) is 54.7 Å². The number of hydrogen-bond donors (Lipinski definition) is 2. The molecule has 8 heteroatoms. The second-order valence-electron chi connectivity index (χ2n) is 11.8. The van der Waals surface area contributed by atoms with Gasteiger partial charge in [-0.3, -0.25) is 4.79 Å². The van der Waals surface area contributed by atoms with Crippen LogP contribution >= 0.6 is 0 Å². The van der Waals surface area contributed by atoms with E-state index < -0.39 is 0 Å². The summed E-state index contributed by atoms with van der Waals surface area (Å²) < 4.78 is 20.7. The van der Waals surface area contributed by atoms with Gasteiger partial charge in [0.1, 0.15) is 24.7 Å². The minimum absolute atomic E-state index is 0.00129. The Morgan fingerprint density at radius 1 is 0.935 bits per heavy atom. The lowest BCUT2D eigenvalue weighted by Crippen LogP contribution is -2.30. The van der Waals surface area contributed by atoms with E-state index in [-0.39, 0.29) is 12.1 Å². The monoisotopic (exact) mass is 618 g/mol. The van der Waals surface area contributed by atoms with E-state index in [0.29, 0.717) is 32.8 Å². The molecular weight excluding hydrogens is 576 g/mol. The fourth-order valence-corrected chi connectivity index (χ4v) is 5.89. The number of hydrogen-bond acceptors (Lipinski definition) is 6. The molecule has 1 unspecified atom stereocenters. The van der Waals surface area contributed by atoms with E-state index in [1.807, 2.05) is 35.1 Å². The van der Waals surface area contributed by atoms with E-state index >= 15 is 0 Å². The molecule has 0 spiro atoms. The lowest BCUT2D eigenvalue weighted by Gasteiger charge is -2.23. The van der Waals surface area contributed by atoms with Crippen LogP contribution in [0.5, 0.6) is 11.5 Å². The van der Waals surface area contributed by atoms with Gasteiger partial charge < -0.3 is 24.8 Å². The van der Waals surface area contributed by atoms with Crippen molar-refractivity contribution in [3.05, 3.63) is 113 Å². The van der Waals surface area contributed by atoms with Crippen molar-refractivity contribution in [3.8, 4) is 22.6 Å². The summed E-state index contributed by atoms with van der Waals surface area (Å²) in [5, 5.41) is 11.9. The first-order valence-corrected chi connectivity index (χ1v) is 16.1. The van der Waals surface area contributed by atoms with Crippen LogP contribution in [0, 0.1) is 6.92 Å². The Labute approximate surface area is 270 Å². The summed E-state index contributed by atoms with van der Waals surface area (Å²) in [7, 11) is 0. The number of nitrogens with one attached hydrogen (secondary N) is 2. The fourth-order valence-electron chi connectivity index (χ4n) is 5.89. The number of rotatable bonds is 13. The van der Waals surface area contributed by atoms with Crippen LogP contribution in [-0.4, -0.2) is 35.4 Å². The van der Waals surface area contributed by atoms with Crippen LogP contribution in [0.3, 0.4) is 0 Å². The third-order valence-corrected chi connectivity index (χ3v) is 8.44. The van der Waals surface area contributed by atoms with Crippen LogP contribution < -0.4 is 20.1 Å². The molecule has 1 amide bonds. The maximum atomic E-state index is 11.2. The smallest absolute Gasteiger partial charge is 0.216 e. The first-order chi connectivity index (χ1) is 22.5. The summed E-state index contributed by atoms with van der Waals surface area (Å²) in [6, 6.07) is 29.1. The lowest BCUT2D eigenvalue weighted by molar-refractivity contribution is -0.118. The quantitative estimate of drug-likeness (QED) is 0.137. The maximum Gasteiger partial charge on any atom is 0.216 e. The minimum Gasteiger partial charge on any atom is -0.489 e. The van der Waals surface area contributed by atoms with Crippen molar-refractivity contribution in [1.82, 2.24) is 20.4 Å². The van der Waals surface area contributed by atoms with E-state index in [1.165, 1.54) is 23.6 Å². The summed E-state index contributed by atoms with van der Waals surface area (Å²) >= 11 is 0. The van der Waals surface area contributed by atoms with Gasteiger partial charge in [0.15, 0.2) is 6.23 Å². The molecule has 1 aliphatic rings. The van der Waals surface area contributed by atoms with E-state index in [0.717, 1.165) is 65.0 Å². The zero-order chi connectivity index (χ0) is 31.7. The molecule has 1 aliphatic heterocycles. The molecule has 46 heavy (non-hydrogen) atoms. The third-order valence-electron chi connectivity index (χ3n) is 8.44. The lowest BCUT2D eigenvalue weighted by atomic mass is 9.97. The highest BCUT2D eigenvalue weighted by Crippen LogP contribution is 2.30. The van der Waals surface area contributed by atoms with Crippen molar-refractivity contribution >= 4 is 16.8 Å². The predicted octanol–water partition coefficient (Wildman–Crippen LogP) is 7.09. The van der Waals surface area contributed by atoms with Crippen LogP contribution in [-0.2, 0) is 29.3 Å². The summed E-state index contributed by atoms with van der Waals surface area (Å²) in [5.74, 6) is 1.46. The number of ether oxygens (including phenoxy) is 3. The zero-order valence-electron chi connectivity index (χ0n) is 26.6. The molecule has 4 aromatic carbocycles. The zero-order valence-corrected chi connectivity index (χ0v) is 26.6. The number of fused-ring (bicyclic) bond motifs is 1. The summed E-state index contributed by atoms with van der Waals surface area (Å²) in [5.41, 5.74) is 7.89. The first kappa shape index (κ1) is 31.3. The van der Waals surface area contributed by atoms with Crippen molar-refractivity contribution < 1.29 is 19.0 Å². The molecule has 2 heterocycles. The molecule has 1 aromatic heterocycles. The maximum absolute atomic E-state index is 11.2. The molecule has 1 atom stereocenters. The molecule has 2 N–H and O–H groups in total. The Morgan fingerprint density at radius 2 is 1.83 bits per heavy atom. The van der Waals surface area contributed by atoms with Gasteiger partial charge in [-0.05, 0) is 72.2 Å². The van der Waals surface area contributed by atoms with Crippen molar-refractivity contribution in [1.29, 1.82) is 0 Å². The average Bonchev–Trinajstić information content (AvgIpc) is 3.51. The van der Waals surface area contributed by atoms with Gasteiger partial charge in [0, 0.05) is 50.2 Å². The van der Waals surface area contributed by atoms with E-state index in [9.17, 15) is 4.79 Å². The summed E-state index contributed by atoms with van der Waals surface area (Å²) in [6.07, 6.45) is 5.16. The molecule has 0 aliphatic carbocycles. The second-order valence-corrected chi connectivity index (χ2v) is 11.8. The van der Waals surface area contributed by atoms with Crippen molar-refractivity contribution in [3.63, 3.8) is 0 Å². The van der Waals surface area contributed by atoms with Gasteiger partial charge in [0.2, 0.25) is 5.91 Å². The highest BCUT2D eigenvalue weighted by atomic mass is 16.5. The molecule has 238 valence electrons. The average molecular weight is 619 g/mol. The standard InChI is InChI=1S/C38H42N4O4/c1-27-32(11-8-12-35(27)30-9-4-3-5-10-30)26-45-34-16-15-31(23-39-18-19-40-28(2)43)37(22-34)46-25-29-14-17-36-33(21-29)24-41-42(36)38-13-6-7-20-44-38/h3-5,8-12,14-17,21-22,24,38-39H,6-7,13,18-20,23,25-26H2,1-2H3,(H,40,43). The summed E-state index contributed by atoms with van der Waals surface area (Å²) in [6.45, 7) is 7.12. The van der Waals surface area contributed by atoms with E-state index in [1.54, 1.807) is 0 Å². The SMILES string of the molecule is CC(=O)NCCNCc1ccc(OCc2cccc(-c3ccccc3)c2C)cc1OCc1ccc2c(cnn2C2CCCCO2)c1. The Bertz CT molecular complexity index is 1760.